The molecule has 3 aromatic carbocycles. The summed E-state index contributed by atoms with van der Waals surface area (Å²) >= 11 is 0. The molecule has 0 amide bonds. The molecule has 0 bridgehead atoms. The minimum absolute atomic E-state index is 0.0397. The molecule has 27 heavy (non-hydrogen) atoms. The Morgan fingerprint density at radius 1 is 0.741 bits per heavy atom. The molecule has 5 rings (SSSR count). The highest BCUT2D eigenvalue weighted by molar-refractivity contribution is 5.89. The molecule has 0 spiro atoms. The molecule has 2 aliphatic carbocycles. The van der Waals surface area contributed by atoms with Crippen LogP contribution in [0.3, 0.4) is 0 Å². The van der Waals surface area contributed by atoms with E-state index < -0.39 is 0 Å². The Morgan fingerprint density at radius 3 is 2.41 bits per heavy atom. The Balaban J connectivity index is 1.41. The van der Waals surface area contributed by atoms with Gasteiger partial charge in [0.2, 0.25) is 0 Å². The van der Waals surface area contributed by atoms with Crippen molar-refractivity contribution in [3.63, 3.8) is 0 Å². The second-order valence-electron chi connectivity index (χ2n) is 7.57. The van der Waals surface area contributed by atoms with E-state index in [-0.39, 0.29) is 12.1 Å². The lowest BCUT2D eigenvalue weighted by atomic mass is 9.80. The van der Waals surface area contributed by atoms with Gasteiger partial charge in [-0.2, -0.15) is 0 Å². The first-order valence-electron chi connectivity index (χ1n) is 9.77. The summed E-state index contributed by atoms with van der Waals surface area (Å²) in [6, 6.07) is 22.7. The lowest BCUT2D eigenvalue weighted by Gasteiger charge is -2.28. The number of hydrogen-bond donors (Lipinski definition) is 0. The van der Waals surface area contributed by atoms with Gasteiger partial charge in [-0.1, -0.05) is 54.6 Å². The van der Waals surface area contributed by atoms with Crippen LogP contribution in [0.15, 0.2) is 66.7 Å². The summed E-state index contributed by atoms with van der Waals surface area (Å²) in [5.74, 6) is -0.215. The highest BCUT2D eigenvalue weighted by Crippen LogP contribution is 2.37. The molecule has 0 fully saturated rings. The summed E-state index contributed by atoms with van der Waals surface area (Å²) in [5.41, 5.74) is 9.03. The molecule has 0 N–H and O–H groups in total. The van der Waals surface area contributed by atoms with E-state index in [0.29, 0.717) is 5.56 Å². The van der Waals surface area contributed by atoms with Crippen LogP contribution in [0.25, 0.3) is 11.1 Å². The average molecular weight is 354 g/mol. The summed E-state index contributed by atoms with van der Waals surface area (Å²) in [6.45, 7) is 0. The van der Waals surface area contributed by atoms with Gasteiger partial charge in [-0.3, -0.25) is 0 Å². The standard InChI is InChI=1S/C25H22O2/c26-25(18-7-2-1-3-8-18)27-22-13-12-19-14-20-11-10-17-6-4-5-9-23(17)24(20)16-21(19)15-22/h1-9,14,16,22H,10-13,15H2/t22-/m1/s1. The topological polar surface area (TPSA) is 26.3 Å². The van der Waals surface area contributed by atoms with E-state index in [1.807, 2.05) is 30.3 Å². The van der Waals surface area contributed by atoms with Gasteiger partial charge in [0.25, 0.3) is 0 Å². The monoisotopic (exact) mass is 354 g/mol. The fourth-order valence-corrected chi connectivity index (χ4v) is 4.45. The molecular formula is C25H22O2. The molecule has 0 radical (unpaired) electrons. The summed E-state index contributed by atoms with van der Waals surface area (Å²) in [5, 5.41) is 0. The smallest absolute Gasteiger partial charge is 0.338 e. The molecule has 0 aromatic heterocycles. The second-order valence-corrected chi connectivity index (χ2v) is 7.57. The van der Waals surface area contributed by atoms with Crippen LogP contribution >= 0.6 is 0 Å². The van der Waals surface area contributed by atoms with Gasteiger partial charge in [0.15, 0.2) is 0 Å². The van der Waals surface area contributed by atoms with E-state index in [4.69, 9.17) is 4.74 Å². The third-order valence-electron chi connectivity index (χ3n) is 5.86. The van der Waals surface area contributed by atoms with Crippen LogP contribution in [0.4, 0.5) is 0 Å². The summed E-state index contributed by atoms with van der Waals surface area (Å²) in [6.07, 6.45) is 4.90. The number of hydrogen-bond acceptors (Lipinski definition) is 2. The number of ether oxygens (including phenoxy) is 1. The molecule has 2 aliphatic rings. The van der Waals surface area contributed by atoms with Crippen LogP contribution < -0.4 is 0 Å². The Hall–Kier alpha value is -2.87. The zero-order valence-electron chi connectivity index (χ0n) is 15.3. The van der Waals surface area contributed by atoms with Crippen molar-refractivity contribution in [3.8, 4) is 11.1 Å². The number of carbonyl (C=O) groups excluding carboxylic acids is 1. The first kappa shape index (κ1) is 16.3. The minimum Gasteiger partial charge on any atom is -0.458 e. The van der Waals surface area contributed by atoms with Crippen molar-refractivity contribution in [3.05, 3.63) is 94.5 Å². The first-order chi connectivity index (χ1) is 13.3. The molecule has 2 heteroatoms. The Kier molecular flexibility index (Phi) is 4.05. The van der Waals surface area contributed by atoms with Gasteiger partial charge in [0.05, 0.1) is 5.56 Å². The Morgan fingerprint density at radius 2 is 1.52 bits per heavy atom. The lowest BCUT2D eigenvalue weighted by Crippen LogP contribution is -2.26. The van der Waals surface area contributed by atoms with E-state index in [1.54, 1.807) is 0 Å². The molecule has 1 atom stereocenters. The zero-order chi connectivity index (χ0) is 18.2. The van der Waals surface area contributed by atoms with Crippen LogP contribution in [0.5, 0.6) is 0 Å². The van der Waals surface area contributed by atoms with Gasteiger partial charge in [-0.05, 0) is 71.2 Å². The molecule has 2 nitrogen and oxygen atoms in total. The number of rotatable bonds is 2. The lowest BCUT2D eigenvalue weighted by molar-refractivity contribution is 0.0271. The molecule has 3 aromatic rings. The largest absolute Gasteiger partial charge is 0.458 e. The Labute approximate surface area is 159 Å². The number of aryl methyl sites for hydroxylation is 3. The van der Waals surface area contributed by atoms with Gasteiger partial charge in [-0.25, -0.2) is 4.79 Å². The molecule has 0 unspecified atom stereocenters. The summed E-state index contributed by atoms with van der Waals surface area (Å²) in [4.78, 5) is 12.4. The summed E-state index contributed by atoms with van der Waals surface area (Å²) < 4.78 is 5.81. The molecule has 0 heterocycles. The zero-order valence-corrected chi connectivity index (χ0v) is 15.3. The van der Waals surface area contributed by atoms with E-state index >= 15 is 0 Å². The highest BCUT2D eigenvalue weighted by Gasteiger charge is 2.25. The van der Waals surface area contributed by atoms with Gasteiger partial charge >= 0.3 is 5.97 Å². The normalized spacial score (nSPS) is 17.4. The SMILES string of the molecule is O=C(O[C@@H]1CCc2cc3c(cc2C1)-c1ccccc1CC3)c1ccccc1. The van der Waals surface area contributed by atoms with Crippen molar-refractivity contribution >= 4 is 5.97 Å². The van der Waals surface area contributed by atoms with Crippen LogP contribution in [0.2, 0.25) is 0 Å². The highest BCUT2D eigenvalue weighted by atomic mass is 16.5. The second kappa shape index (κ2) is 6.70. The van der Waals surface area contributed by atoms with Crippen molar-refractivity contribution in [1.29, 1.82) is 0 Å². The third-order valence-corrected chi connectivity index (χ3v) is 5.86. The van der Waals surface area contributed by atoms with Crippen molar-refractivity contribution < 1.29 is 9.53 Å². The fourth-order valence-electron chi connectivity index (χ4n) is 4.45. The van der Waals surface area contributed by atoms with E-state index in [9.17, 15) is 4.79 Å². The van der Waals surface area contributed by atoms with Crippen LogP contribution in [-0.2, 0) is 30.4 Å². The molecule has 0 saturated heterocycles. The molecule has 0 saturated carbocycles. The maximum Gasteiger partial charge on any atom is 0.338 e. The predicted octanol–water partition coefficient (Wildman–Crippen LogP) is 5.17. The Bertz CT molecular complexity index is 1000. The predicted molar refractivity (Wildman–Crippen MR) is 107 cm³/mol. The van der Waals surface area contributed by atoms with E-state index in [0.717, 1.165) is 32.1 Å². The average Bonchev–Trinajstić information content (AvgIpc) is 2.73. The molecule has 134 valence electrons. The van der Waals surface area contributed by atoms with Crippen LogP contribution in [-0.4, -0.2) is 12.1 Å². The number of benzene rings is 3. The van der Waals surface area contributed by atoms with Gasteiger partial charge in [0, 0.05) is 6.42 Å². The van der Waals surface area contributed by atoms with Crippen molar-refractivity contribution in [2.24, 2.45) is 0 Å². The van der Waals surface area contributed by atoms with E-state index in [1.165, 1.54) is 33.4 Å². The molecule has 0 aliphatic heterocycles. The fraction of sp³-hybridized carbons (Fsp3) is 0.240. The number of carbonyl (C=O) groups is 1. The van der Waals surface area contributed by atoms with Gasteiger partial charge in [0.1, 0.15) is 6.10 Å². The molecular weight excluding hydrogens is 332 g/mol. The van der Waals surface area contributed by atoms with Crippen molar-refractivity contribution in [1.82, 2.24) is 0 Å². The first-order valence-corrected chi connectivity index (χ1v) is 9.77. The van der Waals surface area contributed by atoms with Crippen molar-refractivity contribution in [2.45, 2.75) is 38.2 Å². The van der Waals surface area contributed by atoms with Crippen LogP contribution in [0, 0.1) is 0 Å². The van der Waals surface area contributed by atoms with E-state index in [2.05, 4.69) is 36.4 Å². The third kappa shape index (κ3) is 3.06. The number of fused-ring (bicyclic) bond motifs is 4. The summed E-state index contributed by atoms with van der Waals surface area (Å²) in [7, 11) is 0. The van der Waals surface area contributed by atoms with Crippen LogP contribution in [0.1, 0.15) is 39.0 Å². The minimum atomic E-state index is -0.215. The van der Waals surface area contributed by atoms with Gasteiger partial charge < -0.3 is 4.74 Å². The quantitative estimate of drug-likeness (QED) is 0.594. The maximum atomic E-state index is 12.4. The van der Waals surface area contributed by atoms with Crippen molar-refractivity contribution in [2.75, 3.05) is 0 Å². The maximum absolute atomic E-state index is 12.4. The van der Waals surface area contributed by atoms with Gasteiger partial charge in [-0.15, -0.1) is 0 Å². The number of esters is 1.